The first-order chi connectivity index (χ1) is 20.1. The zero-order valence-electron chi connectivity index (χ0n) is 26.3. The number of carboxylic acids is 1. The Morgan fingerprint density at radius 2 is 1.05 bits per heavy atom. The molecule has 0 aromatic heterocycles. The zero-order valence-corrected chi connectivity index (χ0v) is 26.3. The van der Waals surface area contributed by atoms with Crippen LogP contribution < -0.4 is 4.74 Å². The van der Waals surface area contributed by atoms with Crippen LogP contribution in [0.1, 0.15) is 123 Å². The maximum Gasteiger partial charge on any atom is 0.377 e. The highest BCUT2D eigenvalue weighted by Gasteiger charge is 2.42. The molecule has 0 radical (unpaired) electrons. The number of carboxylic acid groups (broad SMARTS) is 1. The molecular weight excluding hydrogens is 520 g/mol. The minimum absolute atomic E-state index is 0.122. The Bertz CT molecular complexity index is 700. The lowest BCUT2D eigenvalue weighted by molar-refractivity contribution is -0.218. The van der Waals surface area contributed by atoms with E-state index in [2.05, 4.69) is 6.92 Å². The van der Waals surface area contributed by atoms with E-state index in [1.807, 2.05) is 25.1 Å². The summed E-state index contributed by atoms with van der Waals surface area (Å²) in [6.07, 6.45) is 20.6. The Balaban J connectivity index is 2.25. The van der Waals surface area contributed by atoms with Gasteiger partial charge in [-0.25, -0.2) is 4.79 Å². The number of unbranched alkanes of at least 4 members (excludes halogenated alkanes) is 15. The van der Waals surface area contributed by atoms with Crippen LogP contribution in [-0.4, -0.2) is 63.1 Å². The summed E-state index contributed by atoms with van der Waals surface area (Å²) in [4.78, 5) is 12.4. The summed E-state index contributed by atoms with van der Waals surface area (Å²) in [6.45, 7) is 7.24. The molecule has 7 nitrogen and oxygen atoms in total. The van der Waals surface area contributed by atoms with Crippen LogP contribution in [0.3, 0.4) is 0 Å². The van der Waals surface area contributed by atoms with Crippen LogP contribution in [0.15, 0.2) is 30.3 Å². The number of aliphatic carboxylic acids is 1. The van der Waals surface area contributed by atoms with Crippen molar-refractivity contribution in [3.63, 3.8) is 0 Å². The molecule has 1 N–H and O–H groups in total. The van der Waals surface area contributed by atoms with Crippen LogP contribution in [0.4, 0.5) is 0 Å². The highest BCUT2D eigenvalue weighted by molar-refractivity contribution is 5.76. The monoisotopic (exact) mass is 580 g/mol. The Kier molecular flexibility index (Phi) is 24.8. The smallest absolute Gasteiger partial charge is 0.377 e. The van der Waals surface area contributed by atoms with Crippen molar-refractivity contribution in [2.45, 2.75) is 129 Å². The van der Waals surface area contributed by atoms with Gasteiger partial charge in [-0.3, -0.25) is 0 Å². The Hall–Kier alpha value is -1.67. The van der Waals surface area contributed by atoms with Crippen molar-refractivity contribution in [1.82, 2.24) is 0 Å². The van der Waals surface area contributed by atoms with Gasteiger partial charge < -0.3 is 28.8 Å². The second kappa shape index (κ2) is 27.2. The highest BCUT2D eigenvalue weighted by atomic mass is 16.7. The Labute approximate surface area is 250 Å². The number of rotatable bonds is 31. The highest BCUT2D eigenvalue weighted by Crippen LogP contribution is 2.26. The fourth-order valence-corrected chi connectivity index (χ4v) is 4.80. The van der Waals surface area contributed by atoms with E-state index >= 15 is 0 Å². The van der Waals surface area contributed by atoms with Crippen molar-refractivity contribution < 1.29 is 33.6 Å². The van der Waals surface area contributed by atoms with Crippen LogP contribution >= 0.6 is 0 Å². The molecule has 1 rings (SSSR count). The molecule has 238 valence electrons. The Morgan fingerprint density at radius 3 is 1.51 bits per heavy atom. The quantitative estimate of drug-likeness (QED) is 0.0695. The summed E-state index contributed by atoms with van der Waals surface area (Å²) < 4.78 is 28.0. The van der Waals surface area contributed by atoms with Crippen molar-refractivity contribution in [3.8, 4) is 5.75 Å². The van der Waals surface area contributed by atoms with Crippen molar-refractivity contribution in [1.29, 1.82) is 0 Å². The average Bonchev–Trinajstić information content (AvgIpc) is 2.98. The van der Waals surface area contributed by atoms with Gasteiger partial charge in [-0.15, -0.1) is 0 Å². The lowest BCUT2D eigenvalue weighted by Gasteiger charge is -2.30. The SMILES string of the molecule is CCCCCCCCCCCCCCCCCCC(OCCOCCOCCOCC)(Oc1ccccc1)C(=O)O. The number of ether oxygens (including phenoxy) is 5. The first-order valence-electron chi connectivity index (χ1n) is 16.5. The van der Waals surface area contributed by atoms with Gasteiger partial charge in [0.05, 0.1) is 39.6 Å². The van der Waals surface area contributed by atoms with Crippen LogP contribution in [0.5, 0.6) is 5.75 Å². The zero-order chi connectivity index (χ0) is 29.7. The molecule has 1 aromatic rings. The van der Waals surface area contributed by atoms with Crippen molar-refractivity contribution in [3.05, 3.63) is 30.3 Å². The molecular formula is C34H60O7. The second-order valence-corrected chi connectivity index (χ2v) is 10.8. The largest absolute Gasteiger partial charge is 0.476 e. The fraction of sp³-hybridized carbons (Fsp3) is 0.794. The van der Waals surface area contributed by atoms with Crippen LogP contribution in [-0.2, 0) is 23.7 Å². The van der Waals surface area contributed by atoms with E-state index in [0.29, 0.717) is 38.8 Å². The minimum Gasteiger partial charge on any atom is -0.476 e. The molecule has 1 atom stereocenters. The van der Waals surface area contributed by atoms with E-state index < -0.39 is 11.8 Å². The Morgan fingerprint density at radius 1 is 0.610 bits per heavy atom. The van der Waals surface area contributed by atoms with Crippen LogP contribution in [0.2, 0.25) is 0 Å². The van der Waals surface area contributed by atoms with Gasteiger partial charge in [0.25, 0.3) is 0 Å². The van der Waals surface area contributed by atoms with Gasteiger partial charge in [-0.05, 0) is 25.5 Å². The molecule has 0 aliphatic rings. The third-order valence-corrected chi connectivity index (χ3v) is 7.22. The van der Waals surface area contributed by atoms with Gasteiger partial charge in [-0.2, -0.15) is 0 Å². The van der Waals surface area contributed by atoms with E-state index in [4.69, 9.17) is 23.7 Å². The minimum atomic E-state index is -1.73. The number of hydrogen-bond acceptors (Lipinski definition) is 6. The molecule has 0 saturated carbocycles. The molecule has 0 fully saturated rings. The summed E-state index contributed by atoms with van der Waals surface area (Å²) in [5.41, 5.74) is 0. The topological polar surface area (TPSA) is 83.5 Å². The fourth-order valence-electron chi connectivity index (χ4n) is 4.80. The molecule has 0 amide bonds. The maximum atomic E-state index is 12.4. The third kappa shape index (κ3) is 20.8. The normalized spacial score (nSPS) is 12.8. The molecule has 1 aromatic carbocycles. The predicted molar refractivity (Wildman–Crippen MR) is 166 cm³/mol. The summed E-state index contributed by atoms with van der Waals surface area (Å²) in [5, 5.41) is 10.1. The van der Waals surface area contributed by atoms with Crippen molar-refractivity contribution >= 4 is 5.97 Å². The maximum absolute atomic E-state index is 12.4. The number of hydrogen-bond donors (Lipinski definition) is 1. The second-order valence-electron chi connectivity index (χ2n) is 10.8. The summed E-state index contributed by atoms with van der Waals surface area (Å²) in [6, 6.07) is 9.03. The van der Waals surface area contributed by atoms with Crippen molar-refractivity contribution in [2.24, 2.45) is 0 Å². The molecule has 41 heavy (non-hydrogen) atoms. The average molecular weight is 581 g/mol. The van der Waals surface area contributed by atoms with Crippen LogP contribution in [0.25, 0.3) is 0 Å². The van der Waals surface area contributed by atoms with E-state index in [9.17, 15) is 9.90 Å². The number of benzene rings is 1. The molecule has 1 unspecified atom stereocenters. The van der Waals surface area contributed by atoms with Gasteiger partial charge in [-0.1, -0.05) is 121 Å². The van der Waals surface area contributed by atoms with Gasteiger partial charge in [0, 0.05) is 13.0 Å². The van der Waals surface area contributed by atoms with E-state index in [1.54, 1.807) is 12.1 Å². The molecule has 7 heteroatoms. The molecule has 0 bridgehead atoms. The number of para-hydroxylation sites is 1. The summed E-state index contributed by atoms with van der Waals surface area (Å²) in [5.74, 6) is -2.36. The van der Waals surface area contributed by atoms with Crippen LogP contribution in [0, 0.1) is 0 Å². The first-order valence-corrected chi connectivity index (χ1v) is 16.5. The van der Waals surface area contributed by atoms with Gasteiger partial charge in [0.2, 0.25) is 0 Å². The van der Waals surface area contributed by atoms with Gasteiger partial charge in [0.1, 0.15) is 5.75 Å². The lowest BCUT2D eigenvalue weighted by atomic mass is 10.0. The standard InChI is InChI=1S/C34H60O7/c1-3-5-6-7-8-9-10-11-12-13-14-15-16-17-18-22-25-34(33(35)36,41-32-23-20-19-21-24-32)40-31-30-39-29-28-38-27-26-37-4-2/h19-21,23-24H,3-18,22,25-31H2,1-2H3,(H,35,36). The van der Waals surface area contributed by atoms with E-state index in [-0.39, 0.29) is 19.6 Å². The predicted octanol–water partition coefficient (Wildman–Crippen LogP) is 8.58. The molecule has 0 spiro atoms. The first kappa shape index (κ1) is 37.4. The summed E-state index contributed by atoms with van der Waals surface area (Å²) >= 11 is 0. The molecule has 0 saturated heterocycles. The van der Waals surface area contributed by atoms with E-state index in [0.717, 1.165) is 19.3 Å². The molecule has 0 heterocycles. The van der Waals surface area contributed by atoms with Crippen molar-refractivity contribution in [2.75, 3.05) is 46.2 Å². The number of carbonyl (C=O) groups is 1. The summed E-state index contributed by atoms with van der Waals surface area (Å²) in [7, 11) is 0. The molecule has 0 aliphatic heterocycles. The third-order valence-electron chi connectivity index (χ3n) is 7.22. The van der Waals surface area contributed by atoms with Gasteiger partial charge >= 0.3 is 11.8 Å². The van der Waals surface area contributed by atoms with Gasteiger partial charge in [0.15, 0.2) is 0 Å². The lowest BCUT2D eigenvalue weighted by Crippen LogP contribution is -2.48. The van der Waals surface area contributed by atoms with E-state index in [1.165, 1.54) is 83.5 Å². The molecule has 0 aliphatic carbocycles.